The van der Waals surface area contributed by atoms with Crippen molar-refractivity contribution in [2.75, 3.05) is 6.61 Å². The number of carbonyl (C=O) groups excluding carboxylic acids is 2. The summed E-state index contributed by atoms with van der Waals surface area (Å²) in [5.74, 6) is -0.539. The van der Waals surface area contributed by atoms with E-state index in [0.29, 0.717) is 19.3 Å². The van der Waals surface area contributed by atoms with Gasteiger partial charge in [0.15, 0.2) is 0 Å². The number of nitrogens with one attached hydrogen (secondary N) is 1. The Hall–Kier alpha value is -2.96. The zero-order chi connectivity index (χ0) is 43.8. The molecule has 60 heavy (non-hydrogen) atoms. The van der Waals surface area contributed by atoms with Crippen LogP contribution in [-0.2, 0) is 14.3 Å². The highest BCUT2D eigenvalue weighted by atomic mass is 16.5. The molecule has 0 saturated heterocycles. The fourth-order valence-corrected chi connectivity index (χ4v) is 6.98. The number of aliphatic hydroxyl groups is 2. The van der Waals surface area contributed by atoms with Crippen molar-refractivity contribution in [2.45, 2.75) is 238 Å². The molecule has 344 valence electrons. The normalized spacial score (nSPS) is 14.0. The van der Waals surface area contributed by atoms with Crippen molar-refractivity contribution in [2.24, 2.45) is 0 Å². The molecule has 0 aromatic rings. The third kappa shape index (κ3) is 41.8. The minimum Gasteiger partial charge on any atom is -0.462 e. The van der Waals surface area contributed by atoms with E-state index in [1.165, 1.54) is 57.8 Å². The minimum absolute atomic E-state index is 0.0460. The smallest absolute Gasteiger partial charge is 0.306 e. The van der Waals surface area contributed by atoms with Crippen molar-refractivity contribution in [3.63, 3.8) is 0 Å². The Balaban J connectivity index is 4.67. The summed E-state index contributed by atoms with van der Waals surface area (Å²) in [5.41, 5.74) is 0. The third-order valence-electron chi connectivity index (χ3n) is 10.7. The molecule has 0 aliphatic rings. The first kappa shape index (κ1) is 57.0. The Morgan fingerprint density at radius 3 is 1.50 bits per heavy atom. The average molecular weight is 836 g/mol. The summed E-state index contributed by atoms with van der Waals surface area (Å²) in [4.78, 5) is 26.1. The first-order valence-electron chi connectivity index (χ1n) is 24.8. The molecule has 0 aliphatic heterocycles. The highest BCUT2D eigenvalue weighted by molar-refractivity contribution is 5.77. The van der Waals surface area contributed by atoms with Gasteiger partial charge in [-0.25, -0.2) is 0 Å². The second kappa shape index (κ2) is 47.1. The molecule has 0 radical (unpaired) electrons. The number of rotatable bonds is 43. The SMILES string of the molecule is CC/C=C\C/C=C\C/C=C\C/C=C\C/C=C\CCCCCC(=O)OC(CCCCCC/C=C/C=C/CCCCC)CC(=O)NC(CO)C(O)CCCCCCCCCCC. The highest BCUT2D eigenvalue weighted by Crippen LogP contribution is 2.17. The molecule has 0 saturated carbocycles. The lowest BCUT2D eigenvalue weighted by Gasteiger charge is -2.24. The van der Waals surface area contributed by atoms with E-state index < -0.39 is 18.2 Å². The molecule has 0 rings (SSSR count). The molecule has 0 fully saturated rings. The number of ether oxygens (including phenoxy) is 1. The van der Waals surface area contributed by atoms with Gasteiger partial charge >= 0.3 is 5.97 Å². The lowest BCUT2D eigenvalue weighted by Crippen LogP contribution is -2.46. The van der Waals surface area contributed by atoms with Crippen molar-refractivity contribution >= 4 is 11.9 Å². The molecule has 6 nitrogen and oxygen atoms in total. The molecule has 0 aliphatic carbocycles. The van der Waals surface area contributed by atoms with Crippen molar-refractivity contribution < 1.29 is 24.5 Å². The molecule has 3 unspecified atom stereocenters. The second-order valence-electron chi connectivity index (χ2n) is 16.5. The standard InChI is InChI=1S/C54H93NO5/c1-4-7-10-13-16-19-21-23-24-25-26-27-28-30-32-35-38-41-44-47-54(59)60-50(45-42-39-36-34-31-29-22-20-17-14-11-8-5-2)48-53(58)55-51(49-56)52(57)46-43-40-37-33-18-15-12-9-6-3/h7,10,16-17,19-20,22-24,26-27,29-30,32,50-52,56-57H,4-6,8-9,11-15,18,21,25,28,31,33-49H2,1-3H3,(H,55,58)/b10-7-,19-16-,20-17+,24-23-,27-26-,29-22+,32-30-. The minimum atomic E-state index is -0.801. The summed E-state index contributed by atoms with van der Waals surface area (Å²) in [6.45, 7) is 6.29. The van der Waals surface area contributed by atoms with Gasteiger partial charge in [-0.2, -0.15) is 0 Å². The summed E-state index contributed by atoms with van der Waals surface area (Å²) in [6.07, 6.45) is 60.7. The van der Waals surface area contributed by atoms with Gasteiger partial charge in [0.2, 0.25) is 5.91 Å². The van der Waals surface area contributed by atoms with E-state index in [0.717, 1.165) is 116 Å². The molecule has 1 amide bonds. The van der Waals surface area contributed by atoms with E-state index in [4.69, 9.17) is 4.74 Å². The number of hydrogen-bond donors (Lipinski definition) is 3. The first-order chi connectivity index (χ1) is 29.5. The van der Waals surface area contributed by atoms with Crippen LogP contribution in [0.5, 0.6) is 0 Å². The summed E-state index contributed by atoms with van der Waals surface area (Å²) in [5, 5.41) is 23.6. The van der Waals surface area contributed by atoms with Crippen LogP contribution in [0.2, 0.25) is 0 Å². The van der Waals surface area contributed by atoms with Crippen LogP contribution >= 0.6 is 0 Å². The van der Waals surface area contributed by atoms with Crippen molar-refractivity contribution in [1.82, 2.24) is 5.32 Å². The maximum Gasteiger partial charge on any atom is 0.306 e. The van der Waals surface area contributed by atoms with Crippen molar-refractivity contribution in [3.8, 4) is 0 Å². The van der Waals surface area contributed by atoms with E-state index >= 15 is 0 Å². The molecular weight excluding hydrogens is 743 g/mol. The lowest BCUT2D eigenvalue weighted by molar-refractivity contribution is -0.151. The fraction of sp³-hybridized carbons (Fsp3) is 0.704. The van der Waals surface area contributed by atoms with Gasteiger partial charge in [-0.1, -0.05) is 196 Å². The van der Waals surface area contributed by atoms with Crippen LogP contribution in [0.25, 0.3) is 0 Å². The van der Waals surface area contributed by atoms with Crippen LogP contribution < -0.4 is 5.32 Å². The maximum absolute atomic E-state index is 13.2. The van der Waals surface area contributed by atoms with Crippen molar-refractivity contribution in [3.05, 3.63) is 85.1 Å². The Bertz CT molecular complexity index is 1160. The van der Waals surface area contributed by atoms with Gasteiger partial charge in [0, 0.05) is 6.42 Å². The van der Waals surface area contributed by atoms with E-state index in [1.807, 2.05) is 0 Å². The van der Waals surface area contributed by atoms with Gasteiger partial charge in [0.05, 0.1) is 25.2 Å². The Labute approximate surface area is 370 Å². The predicted molar refractivity (Wildman–Crippen MR) is 259 cm³/mol. The van der Waals surface area contributed by atoms with Crippen LogP contribution in [0.1, 0.15) is 220 Å². The first-order valence-corrected chi connectivity index (χ1v) is 24.8. The third-order valence-corrected chi connectivity index (χ3v) is 10.7. The van der Waals surface area contributed by atoms with Crippen LogP contribution in [0, 0.1) is 0 Å². The van der Waals surface area contributed by atoms with Crippen LogP contribution in [0.4, 0.5) is 0 Å². The van der Waals surface area contributed by atoms with Gasteiger partial charge in [-0.15, -0.1) is 0 Å². The molecule has 3 N–H and O–H groups in total. The number of carbonyl (C=O) groups is 2. The number of unbranched alkanes of at least 4 members (excludes halogenated alkanes) is 18. The summed E-state index contributed by atoms with van der Waals surface area (Å²) in [6, 6.07) is -0.717. The van der Waals surface area contributed by atoms with Crippen LogP contribution in [0.15, 0.2) is 85.1 Å². The molecule has 0 heterocycles. The zero-order valence-corrected chi connectivity index (χ0v) is 39.1. The van der Waals surface area contributed by atoms with Gasteiger partial charge in [-0.3, -0.25) is 9.59 Å². The summed E-state index contributed by atoms with van der Waals surface area (Å²) >= 11 is 0. The Morgan fingerprint density at radius 1 is 0.517 bits per heavy atom. The number of allylic oxidation sites excluding steroid dienone is 14. The van der Waals surface area contributed by atoms with Crippen LogP contribution in [0.3, 0.4) is 0 Å². The van der Waals surface area contributed by atoms with E-state index in [2.05, 4.69) is 111 Å². The molecule has 0 aromatic carbocycles. The molecule has 6 heteroatoms. The Morgan fingerprint density at radius 2 is 0.950 bits per heavy atom. The van der Waals surface area contributed by atoms with Gasteiger partial charge in [-0.05, 0) is 96.3 Å². The number of aliphatic hydroxyl groups excluding tert-OH is 2. The molecule has 0 spiro atoms. The number of esters is 1. The zero-order valence-electron chi connectivity index (χ0n) is 39.1. The van der Waals surface area contributed by atoms with Crippen molar-refractivity contribution in [1.29, 1.82) is 0 Å². The Kier molecular flexibility index (Phi) is 44.8. The summed E-state index contributed by atoms with van der Waals surface area (Å²) in [7, 11) is 0. The highest BCUT2D eigenvalue weighted by Gasteiger charge is 2.24. The quantitative estimate of drug-likeness (QED) is 0.0246. The van der Waals surface area contributed by atoms with Gasteiger partial charge < -0.3 is 20.3 Å². The van der Waals surface area contributed by atoms with E-state index in [1.54, 1.807) is 0 Å². The predicted octanol–water partition coefficient (Wildman–Crippen LogP) is 14.8. The fourth-order valence-electron chi connectivity index (χ4n) is 6.98. The maximum atomic E-state index is 13.2. The van der Waals surface area contributed by atoms with Crippen LogP contribution in [-0.4, -0.2) is 46.9 Å². The average Bonchev–Trinajstić information content (AvgIpc) is 3.24. The lowest BCUT2D eigenvalue weighted by atomic mass is 10.0. The summed E-state index contributed by atoms with van der Waals surface area (Å²) < 4.78 is 5.90. The van der Waals surface area contributed by atoms with Gasteiger partial charge in [0.25, 0.3) is 0 Å². The molecular formula is C54H93NO5. The van der Waals surface area contributed by atoms with E-state index in [-0.39, 0.29) is 24.9 Å². The van der Waals surface area contributed by atoms with Gasteiger partial charge in [0.1, 0.15) is 6.10 Å². The molecule has 0 bridgehead atoms. The second-order valence-corrected chi connectivity index (χ2v) is 16.5. The van der Waals surface area contributed by atoms with E-state index in [9.17, 15) is 19.8 Å². The molecule has 3 atom stereocenters. The monoisotopic (exact) mass is 836 g/mol. The topological polar surface area (TPSA) is 95.9 Å². The number of amides is 1. The molecule has 0 aromatic heterocycles. The largest absolute Gasteiger partial charge is 0.462 e. The number of hydrogen-bond acceptors (Lipinski definition) is 5.